The molecule has 214 valence electrons. The molecule has 39 heavy (non-hydrogen) atoms. The fourth-order valence-electron chi connectivity index (χ4n) is 4.14. The van der Waals surface area contributed by atoms with Gasteiger partial charge in [-0.25, -0.2) is 9.59 Å². The maximum Gasteiger partial charge on any atom is 0.330 e. The Kier molecular flexibility index (Phi) is 20.8. The molecule has 0 aliphatic carbocycles. The monoisotopic (exact) mass is 534 g/mol. The Hall–Kier alpha value is -3.14. The van der Waals surface area contributed by atoms with Crippen LogP contribution < -0.4 is 0 Å². The van der Waals surface area contributed by atoms with Crippen LogP contribution in [-0.4, -0.2) is 23.7 Å². The Labute approximate surface area is 237 Å². The van der Waals surface area contributed by atoms with Crippen molar-refractivity contribution in [3.63, 3.8) is 0 Å². The van der Waals surface area contributed by atoms with Gasteiger partial charge in [0, 0.05) is 12.2 Å². The number of aliphatic carboxylic acids is 1. The molecule has 0 amide bonds. The molecule has 0 atom stereocenters. The van der Waals surface area contributed by atoms with E-state index in [0.717, 1.165) is 30.4 Å². The third kappa shape index (κ3) is 20.5. The highest BCUT2D eigenvalue weighted by Crippen LogP contribution is 2.13. The summed E-state index contributed by atoms with van der Waals surface area (Å²) < 4.78 is 5.14. The summed E-state index contributed by atoms with van der Waals surface area (Å²) in [4.78, 5) is 21.9. The normalized spacial score (nSPS) is 10.9. The van der Waals surface area contributed by atoms with Crippen molar-refractivity contribution < 1.29 is 19.4 Å². The second-order valence-corrected chi connectivity index (χ2v) is 9.97. The van der Waals surface area contributed by atoms with Gasteiger partial charge in [0.15, 0.2) is 0 Å². The van der Waals surface area contributed by atoms with E-state index >= 15 is 0 Å². The molecule has 0 heterocycles. The van der Waals surface area contributed by atoms with Gasteiger partial charge in [-0.05, 0) is 48.1 Å². The lowest BCUT2D eigenvalue weighted by atomic mass is 10.0. The summed E-state index contributed by atoms with van der Waals surface area (Å²) >= 11 is 0. The minimum absolute atomic E-state index is 0.252. The molecule has 0 aromatic heterocycles. The molecule has 0 radical (unpaired) electrons. The summed E-state index contributed by atoms with van der Waals surface area (Å²) in [5.41, 5.74) is 3.28. The van der Waals surface area contributed by atoms with Crippen molar-refractivity contribution in [3.05, 3.63) is 83.4 Å². The maximum atomic E-state index is 11.4. The lowest BCUT2D eigenvalue weighted by Crippen LogP contribution is -2.02. The lowest BCUT2D eigenvalue weighted by Gasteiger charge is -2.03. The van der Waals surface area contributed by atoms with E-state index in [4.69, 9.17) is 9.84 Å². The number of carbonyl (C=O) groups excluding carboxylic acids is 1. The van der Waals surface area contributed by atoms with E-state index in [9.17, 15) is 9.59 Å². The van der Waals surface area contributed by atoms with Crippen molar-refractivity contribution in [3.8, 4) is 0 Å². The summed E-state index contributed by atoms with van der Waals surface area (Å²) in [5, 5.41) is 8.62. The van der Waals surface area contributed by atoms with Gasteiger partial charge in [-0.3, -0.25) is 0 Å². The predicted molar refractivity (Wildman–Crippen MR) is 165 cm³/mol. The second-order valence-electron chi connectivity index (χ2n) is 9.97. The topological polar surface area (TPSA) is 63.6 Å². The first kappa shape index (κ1) is 33.9. The minimum Gasteiger partial charge on any atom is -0.478 e. The lowest BCUT2D eigenvalue weighted by molar-refractivity contribution is -0.137. The van der Waals surface area contributed by atoms with Gasteiger partial charge in [0.2, 0.25) is 0 Å². The number of ether oxygens (including phenoxy) is 1. The van der Waals surface area contributed by atoms with Gasteiger partial charge in [0.1, 0.15) is 0 Å². The zero-order valence-corrected chi connectivity index (χ0v) is 24.3. The van der Waals surface area contributed by atoms with Gasteiger partial charge in [-0.1, -0.05) is 139 Å². The van der Waals surface area contributed by atoms with Crippen molar-refractivity contribution in [1.82, 2.24) is 0 Å². The van der Waals surface area contributed by atoms with Crippen LogP contribution in [0.25, 0.3) is 12.2 Å². The summed E-state index contributed by atoms with van der Waals surface area (Å²) in [5.74, 6) is -1.15. The van der Waals surface area contributed by atoms with Crippen LogP contribution in [0.3, 0.4) is 0 Å². The highest BCUT2D eigenvalue weighted by molar-refractivity contribution is 5.87. The molecule has 2 rings (SSSR count). The largest absolute Gasteiger partial charge is 0.478 e. The number of benzene rings is 2. The number of carbonyl (C=O) groups is 2. The van der Waals surface area contributed by atoms with Gasteiger partial charge in [-0.15, -0.1) is 0 Å². The number of hydrogen-bond acceptors (Lipinski definition) is 3. The highest BCUT2D eigenvalue weighted by atomic mass is 16.5. The molecule has 0 fully saturated rings. The van der Waals surface area contributed by atoms with Gasteiger partial charge in [0.25, 0.3) is 0 Å². The van der Waals surface area contributed by atoms with E-state index < -0.39 is 5.97 Å². The van der Waals surface area contributed by atoms with Crippen LogP contribution in [0, 0.1) is 0 Å². The van der Waals surface area contributed by atoms with Crippen LogP contribution in [0.4, 0.5) is 0 Å². The number of rotatable bonds is 19. The van der Waals surface area contributed by atoms with Crippen LogP contribution in [0.15, 0.2) is 66.7 Å². The first-order chi connectivity index (χ1) is 19.0. The molecule has 0 saturated carbocycles. The van der Waals surface area contributed by atoms with Crippen molar-refractivity contribution in [2.24, 2.45) is 0 Å². The standard InChI is InChI=1S/C18H26O2.C17H24O2/c1-2-3-4-5-6-7-8-10-16-11-9-12-17(15-16)13-14-18(19)20;1-2-3-4-5-6-10-15-19-17(18)14-13-16-11-8-7-9-12-16/h9,11-15H,2-8,10H2,1H3,(H,19,20);7-9,11-14H,2-6,10,15H2,1H3. The fourth-order valence-corrected chi connectivity index (χ4v) is 4.14. The number of esters is 1. The van der Waals surface area contributed by atoms with Crippen molar-refractivity contribution in [2.45, 2.75) is 104 Å². The molecule has 0 saturated heterocycles. The summed E-state index contributed by atoms with van der Waals surface area (Å²) in [6, 6.07) is 17.9. The van der Waals surface area contributed by atoms with Crippen molar-refractivity contribution in [2.75, 3.05) is 6.61 Å². The molecule has 2 aromatic rings. The van der Waals surface area contributed by atoms with Crippen LogP contribution in [0.1, 0.15) is 114 Å². The second kappa shape index (κ2) is 23.9. The molecule has 2 aromatic carbocycles. The van der Waals surface area contributed by atoms with E-state index in [2.05, 4.69) is 26.0 Å². The van der Waals surface area contributed by atoms with E-state index in [1.165, 1.54) is 88.3 Å². The molecular formula is C35H50O4. The first-order valence-electron chi connectivity index (χ1n) is 14.9. The molecule has 0 spiro atoms. The molecule has 4 heteroatoms. The van der Waals surface area contributed by atoms with E-state index in [1.54, 1.807) is 12.2 Å². The molecular weight excluding hydrogens is 484 g/mol. The Morgan fingerprint density at radius 1 is 0.667 bits per heavy atom. The molecule has 4 nitrogen and oxygen atoms in total. The van der Waals surface area contributed by atoms with Crippen LogP contribution in [0.2, 0.25) is 0 Å². The summed E-state index contributed by atoms with van der Waals surface area (Å²) in [6.07, 6.45) is 23.6. The Bertz CT molecular complexity index is 946. The average molecular weight is 535 g/mol. The van der Waals surface area contributed by atoms with Crippen LogP contribution in [0.5, 0.6) is 0 Å². The molecule has 0 unspecified atom stereocenters. The predicted octanol–water partition coefficient (Wildman–Crippen LogP) is 9.68. The van der Waals surface area contributed by atoms with Gasteiger partial charge in [0.05, 0.1) is 6.61 Å². The summed E-state index contributed by atoms with van der Waals surface area (Å²) in [7, 11) is 0. The first-order valence-corrected chi connectivity index (χ1v) is 14.9. The number of unbranched alkanes of at least 4 members (excludes halogenated alkanes) is 11. The van der Waals surface area contributed by atoms with E-state index in [1.807, 2.05) is 42.5 Å². The third-order valence-electron chi connectivity index (χ3n) is 6.39. The highest BCUT2D eigenvalue weighted by Gasteiger charge is 1.98. The van der Waals surface area contributed by atoms with Crippen molar-refractivity contribution >= 4 is 24.1 Å². The van der Waals surface area contributed by atoms with Crippen molar-refractivity contribution in [1.29, 1.82) is 0 Å². The van der Waals surface area contributed by atoms with Crippen LogP contribution >= 0.6 is 0 Å². The zero-order chi connectivity index (χ0) is 28.4. The smallest absolute Gasteiger partial charge is 0.330 e. The summed E-state index contributed by atoms with van der Waals surface area (Å²) in [6.45, 7) is 4.98. The van der Waals surface area contributed by atoms with Gasteiger partial charge >= 0.3 is 11.9 Å². The molecule has 0 bridgehead atoms. The Morgan fingerprint density at radius 2 is 1.23 bits per heavy atom. The third-order valence-corrected chi connectivity index (χ3v) is 6.39. The number of hydrogen-bond donors (Lipinski definition) is 1. The fraction of sp³-hybridized carbons (Fsp3) is 0.486. The van der Waals surface area contributed by atoms with E-state index in [-0.39, 0.29) is 5.97 Å². The van der Waals surface area contributed by atoms with Crippen LogP contribution in [-0.2, 0) is 20.7 Å². The average Bonchev–Trinajstić information content (AvgIpc) is 2.95. The van der Waals surface area contributed by atoms with Gasteiger partial charge in [-0.2, -0.15) is 0 Å². The number of aryl methyl sites for hydroxylation is 1. The quantitative estimate of drug-likeness (QED) is 0.111. The van der Waals surface area contributed by atoms with E-state index in [0.29, 0.717) is 6.61 Å². The Balaban J connectivity index is 0.000000391. The SMILES string of the molecule is CCCCCCCCCc1cccc(C=CC(=O)O)c1.CCCCCCCCOC(=O)C=Cc1ccccc1. The molecule has 1 N–H and O–H groups in total. The zero-order valence-electron chi connectivity index (χ0n) is 24.3. The Morgan fingerprint density at radius 3 is 1.87 bits per heavy atom. The van der Waals surface area contributed by atoms with Gasteiger partial charge < -0.3 is 9.84 Å². The number of carboxylic acid groups (broad SMARTS) is 1. The molecule has 0 aliphatic rings. The molecule has 0 aliphatic heterocycles. The number of carboxylic acids is 1. The maximum absolute atomic E-state index is 11.4. The minimum atomic E-state index is -0.900.